The highest BCUT2D eigenvalue weighted by Gasteiger charge is 2.58. The molecule has 5 N–H and O–H groups in total. The van der Waals surface area contributed by atoms with E-state index in [1.165, 1.54) is 4.90 Å². The summed E-state index contributed by atoms with van der Waals surface area (Å²) in [5.41, 5.74) is 6.80. The van der Waals surface area contributed by atoms with Crippen LogP contribution in [-0.2, 0) is 16.1 Å². The normalized spacial score (nSPS) is 28.9. The van der Waals surface area contributed by atoms with E-state index in [9.17, 15) is 19.8 Å². The number of carbonyl (C=O) groups is 2. The number of halogens is 1. The molecule has 1 amide bonds. The van der Waals surface area contributed by atoms with Gasteiger partial charge in [0.25, 0.3) is 0 Å². The third-order valence-corrected chi connectivity index (χ3v) is 7.90. The van der Waals surface area contributed by atoms with Gasteiger partial charge in [0, 0.05) is 41.8 Å². The molecule has 3 aliphatic rings. The Kier molecular flexibility index (Phi) is 8.11. The summed E-state index contributed by atoms with van der Waals surface area (Å²) in [6, 6.07) is 7.75. The number of aliphatic hydroxyl groups is 1. The number of fused-ring (bicyclic) bond motifs is 1. The summed E-state index contributed by atoms with van der Waals surface area (Å²) in [4.78, 5) is 26.6. The summed E-state index contributed by atoms with van der Waals surface area (Å²) in [6.45, 7) is 3.71. The molecule has 0 aromatic heterocycles. The van der Waals surface area contributed by atoms with Gasteiger partial charge >= 0.3 is 5.97 Å². The number of hydrogen-bond acceptors (Lipinski definition) is 7. The molecule has 1 aromatic rings. The molecule has 1 aromatic carbocycles. The number of carbonyl (C=O) groups excluding carboxylic acids is 1. The van der Waals surface area contributed by atoms with Crippen molar-refractivity contribution in [2.24, 2.45) is 17.6 Å². The maximum atomic E-state index is 12.5. The van der Waals surface area contributed by atoms with Crippen molar-refractivity contribution < 1.29 is 24.5 Å². The van der Waals surface area contributed by atoms with Gasteiger partial charge < -0.3 is 30.9 Å². The summed E-state index contributed by atoms with van der Waals surface area (Å²) in [5.74, 6) is -0.773. The fourth-order valence-electron chi connectivity index (χ4n) is 4.79. The van der Waals surface area contributed by atoms with Crippen LogP contribution in [0.1, 0.15) is 25.3 Å². The Bertz CT molecular complexity index is 881. The quantitative estimate of drug-likeness (QED) is 0.390. The lowest BCUT2D eigenvalue weighted by molar-refractivity contribution is -0.157. The van der Waals surface area contributed by atoms with Crippen molar-refractivity contribution in [3.8, 4) is 5.75 Å². The number of hydrogen-bond donors (Lipinski definition) is 4. The standard InChI is InChI=1S/C22H29N3O5S.ClH/c1-12-18-17(6-7-26)21(27)25(18)19(22(28)29)20(12)31-16-8-14(24-10-16)11-30-15-4-2-13(9-23)3-5-15;/h2-5,12,14,16-18,24,26H,6-11,23H2,1H3,(H,28,29);1H/t12-,14+,16+,17+,18-;/m1./s1. The van der Waals surface area contributed by atoms with Crippen LogP contribution in [0.4, 0.5) is 0 Å². The number of benzene rings is 1. The van der Waals surface area contributed by atoms with Crippen molar-refractivity contribution in [1.82, 2.24) is 10.2 Å². The van der Waals surface area contributed by atoms with E-state index in [1.54, 1.807) is 11.8 Å². The van der Waals surface area contributed by atoms with E-state index in [0.717, 1.165) is 29.2 Å². The van der Waals surface area contributed by atoms with Crippen molar-refractivity contribution in [3.63, 3.8) is 0 Å². The predicted molar refractivity (Wildman–Crippen MR) is 125 cm³/mol. The molecule has 2 fully saturated rings. The topological polar surface area (TPSA) is 125 Å². The highest BCUT2D eigenvalue weighted by Crippen LogP contribution is 2.51. The van der Waals surface area contributed by atoms with Gasteiger partial charge in [0.15, 0.2) is 0 Å². The van der Waals surface area contributed by atoms with Crippen LogP contribution in [-0.4, -0.2) is 64.1 Å². The minimum Gasteiger partial charge on any atom is -0.492 e. The number of amides is 1. The number of β-lactam (4-membered cyclic amide) rings is 1. The van der Waals surface area contributed by atoms with Crippen LogP contribution in [0.5, 0.6) is 5.75 Å². The van der Waals surface area contributed by atoms with E-state index in [1.807, 2.05) is 31.2 Å². The van der Waals surface area contributed by atoms with Crippen molar-refractivity contribution in [3.05, 3.63) is 40.4 Å². The van der Waals surface area contributed by atoms with Gasteiger partial charge in [-0.05, 0) is 30.5 Å². The number of rotatable bonds is 9. The lowest BCUT2D eigenvalue weighted by atomic mass is 9.80. The monoisotopic (exact) mass is 483 g/mol. The zero-order chi connectivity index (χ0) is 22.1. The molecule has 0 saturated carbocycles. The molecule has 10 heteroatoms. The zero-order valence-corrected chi connectivity index (χ0v) is 19.5. The first kappa shape index (κ1) is 24.9. The Labute approximate surface area is 198 Å². The van der Waals surface area contributed by atoms with E-state index in [4.69, 9.17) is 10.5 Å². The Morgan fingerprint density at radius 1 is 1.34 bits per heavy atom. The zero-order valence-electron chi connectivity index (χ0n) is 17.9. The Morgan fingerprint density at radius 2 is 2.06 bits per heavy atom. The molecule has 8 nitrogen and oxygen atoms in total. The molecule has 32 heavy (non-hydrogen) atoms. The lowest BCUT2D eigenvalue weighted by Gasteiger charge is -2.45. The van der Waals surface area contributed by atoms with E-state index >= 15 is 0 Å². The van der Waals surface area contributed by atoms with Gasteiger partial charge in [0.05, 0.1) is 12.0 Å². The van der Waals surface area contributed by atoms with Crippen molar-refractivity contribution in [2.45, 2.75) is 43.6 Å². The average molecular weight is 484 g/mol. The summed E-state index contributed by atoms with van der Waals surface area (Å²) in [6.07, 6.45) is 1.24. The summed E-state index contributed by atoms with van der Waals surface area (Å²) in [7, 11) is 0. The first-order valence-electron chi connectivity index (χ1n) is 10.7. The number of aliphatic hydroxyl groups excluding tert-OH is 1. The first-order chi connectivity index (χ1) is 14.9. The molecule has 4 rings (SSSR count). The van der Waals surface area contributed by atoms with Crippen LogP contribution in [0.2, 0.25) is 0 Å². The Morgan fingerprint density at radius 3 is 2.69 bits per heavy atom. The third kappa shape index (κ3) is 4.63. The van der Waals surface area contributed by atoms with E-state index < -0.39 is 5.97 Å². The van der Waals surface area contributed by atoms with Gasteiger partial charge in [-0.2, -0.15) is 0 Å². The van der Waals surface area contributed by atoms with Crippen LogP contribution in [0.15, 0.2) is 34.9 Å². The Hall–Kier alpha value is -1.78. The second-order valence-corrected chi connectivity index (χ2v) is 9.71. The molecule has 3 heterocycles. The van der Waals surface area contributed by atoms with Gasteiger partial charge in [-0.25, -0.2) is 4.79 Å². The number of thioether (sulfide) groups is 1. The predicted octanol–water partition coefficient (Wildman–Crippen LogP) is 1.56. The van der Waals surface area contributed by atoms with Crippen LogP contribution in [0, 0.1) is 11.8 Å². The number of nitrogens with two attached hydrogens (primary N) is 1. The fourth-order valence-corrected chi connectivity index (χ4v) is 6.31. The average Bonchev–Trinajstić information content (AvgIpc) is 3.32. The maximum Gasteiger partial charge on any atom is 0.353 e. The molecule has 2 saturated heterocycles. The third-order valence-electron chi connectivity index (χ3n) is 6.39. The number of carboxylic acid groups (broad SMARTS) is 1. The van der Waals surface area contributed by atoms with Crippen molar-refractivity contribution in [1.29, 1.82) is 0 Å². The van der Waals surface area contributed by atoms with Gasteiger partial charge in [0.2, 0.25) is 5.91 Å². The van der Waals surface area contributed by atoms with Crippen LogP contribution in [0.25, 0.3) is 0 Å². The fraction of sp³-hybridized carbons (Fsp3) is 0.545. The second-order valence-electron chi connectivity index (χ2n) is 8.36. The molecule has 0 bridgehead atoms. The van der Waals surface area contributed by atoms with E-state index in [0.29, 0.717) is 19.6 Å². The highest BCUT2D eigenvalue weighted by atomic mass is 35.5. The van der Waals surface area contributed by atoms with Crippen LogP contribution < -0.4 is 15.8 Å². The van der Waals surface area contributed by atoms with E-state index in [2.05, 4.69) is 5.32 Å². The lowest BCUT2D eigenvalue weighted by Crippen LogP contribution is -2.60. The molecule has 0 unspecified atom stereocenters. The molecule has 0 radical (unpaired) electrons. The summed E-state index contributed by atoms with van der Waals surface area (Å²) >= 11 is 1.57. The van der Waals surface area contributed by atoms with Gasteiger partial charge in [-0.3, -0.25) is 4.79 Å². The molecule has 3 aliphatic heterocycles. The molecule has 5 atom stereocenters. The number of aliphatic carboxylic acids is 1. The number of nitrogens with one attached hydrogen (secondary N) is 1. The summed E-state index contributed by atoms with van der Waals surface area (Å²) in [5, 5.41) is 22.7. The van der Waals surface area contributed by atoms with Gasteiger partial charge in [0.1, 0.15) is 18.1 Å². The number of ether oxygens (including phenoxy) is 1. The molecular formula is C22H30ClN3O5S. The first-order valence-corrected chi connectivity index (χ1v) is 11.6. The smallest absolute Gasteiger partial charge is 0.353 e. The van der Waals surface area contributed by atoms with Gasteiger partial charge in [-0.1, -0.05) is 19.1 Å². The second kappa shape index (κ2) is 10.4. The largest absolute Gasteiger partial charge is 0.492 e. The SMILES string of the molecule is C[C@H]1C(S[C@@H]2CN[C@H](COc3ccc(CN)cc3)C2)=C(C(=O)O)N2C(=O)[C@@H](CCO)[C@@H]12.Cl. The van der Waals surface area contributed by atoms with Gasteiger partial charge in [-0.15, -0.1) is 24.2 Å². The van der Waals surface area contributed by atoms with Crippen molar-refractivity contribution >= 4 is 36.0 Å². The maximum absolute atomic E-state index is 12.5. The Balaban J connectivity index is 0.00000289. The molecular weight excluding hydrogens is 454 g/mol. The number of carboxylic acids is 1. The minimum atomic E-state index is -1.06. The molecule has 176 valence electrons. The summed E-state index contributed by atoms with van der Waals surface area (Å²) < 4.78 is 5.89. The number of nitrogens with zero attached hydrogens (tertiary/aromatic N) is 1. The van der Waals surface area contributed by atoms with E-state index in [-0.39, 0.29) is 59.8 Å². The van der Waals surface area contributed by atoms with Crippen molar-refractivity contribution in [2.75, 3.05) is 19.8 Å². The highest BCUT2D eigenvalue weighted by molar-refractivity contribution is 8.03. The molecule has 0 aliphatic carbocycles. The van der Waals surface area contributed by atoms with Crippen LogP contribution >= 0.6 is 24.2 Å². The molecule has 0 spiro atoms. The minimum absolute atomic E-state index is 0. The van der Waals surface area contributed by atoms with Crippen LogP contribution in [0.3, 0.4) is 0 Å².